The quantitative estimate of drug-likeness (QED) is 0.456. The molecule has 0 aliphatic carbocycles. The highest BCUT2D eigenvalue weighted by molar-refractivity contribution is 6.31. The average Bonchev–Trinajstić information content (AvgIpc) is 2.97. The van der Waals surface area contributed by atoms with Crippen molar-refractivity contribution >= 4 is 23.6 Å². The normalized spacial score (nSPS) is 14.9. The van der Waals surface area contributed by atoms with E-state index in [0.717, 1.165) is 5.56 Å². The van der Waals surface area contributed by atoms with Gasteiger partial charge in [0.25, 0.3) is 11.8 Å². The standard InChI is InChI=1S/C22H22N2O4/c1-4-9-16-12-15(14-19(28-5-2)20(16)27-3)13-18-21(25)23-24(22(18)26)17-10-7-6-8-11-17/h4,6-8,10-14H,1,5,9H2,2-3H3,(H,23,25)/b18-13-. The van der Waals surface area contributed by atoms with Crippen molar-refractivity contribution in [2.45, 2.75) is 13.3 Å². The lowest BCUT2D eigenvalue weighted by Crippen LogP contribution is -2.35. The molecule has 0 spiro atoms. The van der Waals surface area contributed by atoms with Crippen LogP contribution in [-0.2, 0) is 16.0 Å². The number of amides is 2. The lowest BCUT2D eigenvalue weighted by atomic mass is 10.0. The van der Waals surface area contributed by atoms with Crippen LogP contribution in [0.4, 0.5) is 5.69 Å². The Morgan fingerprint density at radius 3 is 2.57 bits per heavy atom. The summed E-state index contributed by atoms with van der Waals surface area (Å²) in [6.45, 7) is 6.11. The maximum absolute atomic E-state index is 12.8. The fourth-order valence-corrected chi connectivity index (χ4v) is 3.05. The average molecular weight is 378 g/mol. The zero-order valence-electron chi connectivity index (χ0n) is 15.9. The third kappa shape index (κ3) is 3.76. The first kappa shape index (κ1) is 19.2. The van der Waals surface area contributed by atoms with E-state index in [1.165, 1.54) is 5.01 Å². The predicted octanol–water partition coefficient (Wildman–Crippen LogP) is 3.28. The number of nitrogens with one attached hydrogen (secondary N) is 1. The van der Waals surface area contributed by atoms with Crippen molar-refractivity contribution in [1.29, 1.82) is 0 Å². The van der Waals surface area contributed by atoms with Gasteiger partial charge in [0.05, 0.1) is 19.4 Å². The number of nitrogens with zero attached hydrogens (tertiary/aromatic N) is 1. The molecule has 0 unspecified atom stereocenters. The van der Waals surface area contributed by atoms with Crippen molar-refractivity contribution in [3.63, 3.8) is 0 Å². The monoisotopic (exact) mass is 378 g/mol. The number of ether oxygens (including phenoxy) is 2. The Bertz CT molecular complexity index is 935. The second-order valence-corrected chi connectivity index (χ2v) is 6.11. The van der Waals surface area contributed by atoms with E-state index in [4.69, 9.17) is 9.47 Å². The number of anilines is 1. The predicted molar refractivity (Wildman–Crippen MR) is 108 cm³/mol. The van der Waals surface area contributed by atoms with Gasteiger partial charge in [-0.05, 0) is 49.2 Å². The van der Waals surface area contributed by atoms with Crippen LogP contribution in [0.2, 0.25) is 0 Å². The Labute approximate surface area is 164 Å². The summed E-state index contributed by atoms with van der Waals surface area (Å²) in [5.41, 5.74) is 4.79. The molecule has 6 heteroatoms. The molecule has 6 nitrogen and oxygen atoms in total. The molecule has 3 rings (SSSR count). The van der Waals surface area contributed by atoms with Crippen LogP contribution in [0.3, 0.4) is 0 Å². The number of hydrogen-bond acceptors (Lipinski definition) is 4. The summed E-state index contributed by atoms with van der Waals surface area (Å²) in [4.78, 5) is 25.2. The minimum Gasteiger partial charge on any atom is -0.493 e. The highest BCUT2D eigenvalue weighted by atomic mass is 16.5. The van der Waals surface area contributed by atoms with Gasteiger partial charge in [0.15, 0.2) is 11.5 Å². The van der Waals surface area contributed by atoms with Crippen molar-refractivity contribution < 1.29 is 19.1 Å². The largest absolute Gasteiger partial charge is 0.493 e. The molecule has 1 fully saturated rings. The van der Waals surface area contributed by atoms with Gasteiger partial charge in [0, 0.05) is 5.56 Å². The molecule has 0 saturated carbocycles. The van der Waals surface area contributed by atoms with Crippen molar-refractivity contribution in [3.05, 3.63) is 71.8 Å². The van der Waals surface area contributed by atoms with E-state index in [1.54, 1.807) is 49.6 Å². The highest BCUT2D eigenvalue weighted by Gasteiger charge is 2.34. The van der Waals surface area contributed by atoms with Gasteiger partial charge in [-0.15, -0.1) is 6.58 Å². The first-order chi connectivity index (χ1) is 13.6. The lowest BCUT2D eigenvalue weighted by Gasteiger charge is -2.15. The molecule has 2 aromatic carbocycles. The van der Waals surface area contributed by atoms with E-state index in [-0.39, 0.29) is 5.57 Å². The fraction of sp³-hybridized carbons (Fsp3) is 0.182. The Hall–Kier alpha value is -3.54. The molecule has 28 heavy (non-hydrogen) atoms. The topological polar surface area (TPSA) is 67.9 Å². The Morgan fingerprint density at radius 1 is 1.18 bits per heavy atom. The molecule has 144 valence electrons. The SMILES string of the molecule is C=CCc1cc(/C=C2/C(=O)NN(c3ccccc3)C2=O)cc(OCC)c1OC. The summed E-state index contributed by atoms with van der Waals surface area (Å²) < 4.78 is 11.2. The number of carbonyl (C=O) groups is 2. The van der Waals surface area contributed by atoms with Crippen LogP contribution in [0.1, 0.15) is 18.1 Å². The molecule has 1 saturated heterocycles. The van der Waals surface area contributed by atoms with Crippen LogP contribution >= 0.6 is 0 Å². The molecule has 0 atom stereocenters. The van der Waals surface area contributed by atoms with Gasteiger partial charge in [-0.1, -0.05) is 24.3 Å². The molecule has 1 N–H and O–H groups in total. The first-order valence-corrected chi connectivity index (χ1v) is 8.95. The summed E-state index contributed by atoms with van der Waals surface area (Å²) in [5, 5.41) is 1.24. The van der Waals surface area contributed by atoms with Gasteiger partial charge in [-0.25, -0.2) is 5.01 Å². The van der Waals surface area contributed by atoms with E-state index in [2.05, 4.69) is 12.0 Å². The van der Waals surface area contributed by atoms with Crippen molar-refractivity contribution in [1.82, 2.24) is 5.43 Å². The number of carbonyl (C=O) groups excluding carboxylic acids is 2. The van der Waals surface area contributed by atoms with Crippen LogP contribution in [0.5, 0.6) is 11.5 Å². The van der Waals surface area contributed by atoms with E-state index in [0.29, 0.717) is 35.8 Å². The summed E-state index contributed by atoms with van der Waals surface area (Å²) >= 11 is 0. The third-order valence-electron chi connectivity index (χ3n) is 4.24. The summed E-state index contributed by atoms with van der Waals surface area (Å²) in [6.07, 6.45) is 3.89. The molecule has 2 aromatic rings. The van der Waals surface area contributed by atoms with Crippen LogP contribution in [-0.4, -0.2) is 25.5 Å². The summed E-state index contributed by atoms with van der Waals surface area (Å²) in [7, 11) is 1.58. The minimum atomic E-state index is -0.451. The van der Waals surface area contributed by atoms with Gasteiger partial charge in [0.1, 0.15) is 5.57 Å². The van der Waals surface area contributed by atoms with Crippen molar-refractivity contribution in [3.8, 4) is 11.5 Å². The first-order valence-electron chi connectivity index (χ1n) is 8.95. The van der Waals surface area contributed by atoms with Gasteiger partial charge < -0.3 is 9.47 Å². The van der Waals surface area contributed by atoms with Gasteiger partial charge in [-0.3, -0.25) is 15.0 Å². The lowest BCUT2D eigenvalue weighted by molar-refractivity contribution is -0.117. The van der Waals surface area contributed by atoms with Crippen molar-refractivity contribution in [2.75, 3.05) is 18.7 Å². The summed E-state index contributed by atoms with van der Waals surface area (Å²) in [5.74, 6) is 0.321. The number of allylic oxidation sites excluding steroid dienone is 1. The molecular weight excluding hydrogens is 356 g/mol. The van der Waals surface area contributed by atoms with Gasteiger partial charge in [-0.2, -0.15) is 0 Å². The molecule has 1 aliphatic heterocycles. The maximum Gasteiger partial charge on any atom is 0.282 e. The number of hydrogen-bond donors (Lipinski definition) is 1. The number of benzene rings is 2. The van der Waals surface area contributed by atoms with Crippen LogP contribution in [0.15, 0.2) is 60.7 Å². The zero-order chi connectivity index (χ0) is 20.1. The summed E-state index contributed by atoms with van der Waals surface area (Å²) in [6, 6.07) is 12.6. The molecule has 2 amide bonds. The van der Waals surface area contributed by atoms with Crippen LogP contribution in [0, 0.1) is 0 Å². The maximum atomic E-state index is 12.8. The Morgan fingerprint density at radius 2 is 1.93 bits per heavy atom. The van der Waals surface area contributed by atoms with Gasteiger partial charge in [0.2, 0.25) is 0 Å². The van der Waals surface area contributed by atoms with Gasteiger partial charge >= 0.3 is 0 Å². The number of para-hydroxylation sites is 1. The zero-order valence-corrected chi connectivity index (χ0v) is 15.9. The smallest absolute Gasteiger partial charge is 0.282 e. The molecule has 1 heterocycles. The highest BCUT2D eigenvalue weighted by Crippen LogP contribution is 2.34. The number of rotatable bonds is 7. The van der Waals surface area contributed by atoms with Crippen molar-refractivity contribution in [2.24, 2.45) is 0 Å². The molecule has 0 bridgehead atoms. The fourth-order valence-electron chi connectivity index (χ4n) is 3.05. The molecule has 0 aromatic heterocycles. The Balaban J connectivity index is 2.01. The minimum absolute atomic E-state index is 0.0565. The van der Waals surface area contributed by atoms with E-state index in [1.807, 2.05) is 19.1 Å². The van der Waals surface area contributed by atoms with E-state index in [9.17, 15) is 9.59 Å². The second-order valence-electron chi connectivity index (χ2n) is 6.11. The molecular formula is C22H22N2O4. The Kier molecular flexibility index (Phi) is 5.79. The number of methoxy groups -OCH3 is 1. The van der Waals surface area contributed by atoms with E-state index < -0.39 is 11.8 Å². The molecule has 0 radical (unpaired) electrons. The van der Waals surface area contributed by atoms with Crippen LogP contribution < -0.4 is 19.9 Å². The molecule has 1 aliphatic rings. The number of hydrazine groups is 1. The third-order valence-corrected chi connectivity index (χ3v) is 4.24. The van der Waals surface area contributed by atoms with Crippen LogP contribution in [0.25, 0.3) is 6.08 Å². The van der Waals surface area contributed by atoms with E-state index >= 15 is 0 Å². The second kappa shape index (κ2) is 8.43.